The number of nitrogens with zero attached hydrogens (tertiary/aromatic N) is 1. The van der Waals surface area contributed by atoms with Crippen molar-refractivity contribution >= 4 is 11.6 Å². The van der Waals surface area contributed by atoms with Gasteiger partial charge in [-0.05, 0) is 31.2 Å². The molecule has 1 fully saturated rings. The van der Waals surface area contributed by atoms with Gasteiger partial charge in [0.15, 0.2) is 11.6 Å². The summed E-state index contributed by atoms with van der Waals surface area (Å²) in [6.07, 6.45) is 1.91. The summed E-state index contributed by atoms with van der Waals surface area (Å²) in [6, 6.07) is 13.0. The molecule has 28 heavy (non-hydrogen) atoms. The number of carbonyl (C=O) groups is 2. The van der Waals surface area contributed by atoms with Crippen LogP contribution in [0.3, 0.4) is 0 Å². The number of carbonyl (C=O) groups excluding carboxylic acids is 2. The maximum atomic E-state index is 12.7. The van der Waals surface area contributed by atoms with Gasteiger partial charge in [0.1, 0.15) is 17.1 Å². The largest absolute Gasteiger partial charge is 0.497 e. The summed E-state index contributed by atoms with van der Waals surface area (Å²) in [4.78, 5) is 27.4. The molecule has 0 radical (unpaired) electrons. The predicted octanol–water partition coefficient (Wildman–Crippen LogP) is 3.69. The van der Waals surface area contributed by atoms with Gasteiger partial charge < -0.3 is 9.47 Å². The molecule has 0 N–H and O–H groups in total. The second kappa shape index (κ2) is 7.40. The molecule has 0 aliphatic carbocycles. The molecular formula is C23H25NO4. The summed E-state index contributed by atoms with van der Waals surface area (Å²) in [6.45, 7) is 3.83. The summed E-state index contributed by atoms with van der Waals surface area (Å²) in [5, 5.41) is 0. The Morgan fingerprint density at radius 3 is 2.71 bits per heavy atom. The number of ketones is 2. The SMILES string of the molecule is COc1cccc(C(=O)CN2CCC3(CC2)CC(=O)c2cc(C)ccc2O3)c1. The Kier molecular flexibility index (Phi) is 4.94. The van der Waals surface area contributed by atoms with Crippen LogP contribution in [0.1, 0.15) is 45.5 Å². The number of aryl methyl sites for hydroxylation is 1. The van der Waals surface area contributed by atoms with E-state index >= 15 is 0 Å². The highest BCUT2D eigenvalue weighted by Gasteiger charge is 2.43. The Balaban J connectivity index is 1.40. The van der Waals surface area contributed by atoms with Crippen LogP contribution in [0, 0.1) is 6.92 Å². The fraction of sp³-hybridized carbons (Fsp3) is 0.391. The van der Waals surface area contributed by atoms with Crippen molar-refractivity contribution in [3.8, 4) is 11.5 Å². The summed E-state index contributed by atoms with van der Waals surface area (Å²) in [5.74, 6) is 1.62. The molecule has 0 amide bonds. The zero-order valence-corrected chi connectivity index (χ0v) is 16.4. The zero-order valence-electron chi connectivity index (χ0n) is 16.4. The number of rotatable bonds is 4. The minimum Gasteiger partial charge on any atom is -0.497 e. The molecule has 2 aromatic rings. The van der Waals surface area contributed by atoms with Gasteiger partial charge in [-0.15, -0.1) is 0 Å². The number of likely N-dealkylation sites (tertiary alicyclic amines) is 1. The van der Waals surface area contributed by atoms with E-state index in [-0.39, 0.29) is 11.6 Å². The maximum absolute atomic E-state index is 12.7. The number of benzene rings is 2. The van der Waals surface area contributed by atoms with Gasteiger partial charge in [0.05, 0.1) is 25.6 Å². The van der Waals surface area contributed by atoms with E-state index in [1.807, 2.05) is 43.3 Å². The average Bonchev–Trinajstić information content (AvgIpc) is 2.70. The third-order valence-corrected chi connectivity index (χ3v) is 5.77. The molecule has 146 valence electrons. The molecule has 0 unspecified atom stereocenters. The molecule has 4 rings (SSSR count). The Hall–Kier alpha value is -2.66. The molecule has 2 aromatic carbocycles. The molecule has 5 nitrogen and oxygen atoms in total. The van der Waals surface area contributed by atoms with Crippen LogP contribution in [-0.4, -0.2) is 48.8 Å². The molecular weight excluding hydrogens is 354 g/mol. The lowest BCUT2D eigenvalue weighted by molar-refractivity contribution is -0.00803. The number of ether oxygens (including phenoxy) is 2. The molecule has 0 bridgehead atoms. The van der Waals surface area contributed by atoms with Crippen molar-refractivity contribution in [2.24, 2.45) is 0 Å². The maximum Gasteiger partial charge on any atom is 0.176 e. The fourth-order valence-electron chi connectivity index (χ4n) is 4.10. The lowest BCUT2D eigenvalue weighted by Crippen LogP contribution is -2.51. The van der Waals surface area contributed by atoms with Gasteiger partial charge in [0, 0.05) is 31.5 Å². The van der Waals surface area contributed by atoms with Crippen LogP contribution in [0.2, 0.25) is 0 Å². The van der Waals surface area contributed by atoms with Crippen LogP contribution in [0.5, 0.6) is 11.5 Å². The van der Waals surface area contributed by atoms with E-state index in [9.17, 15) is 9.59 Å². The van der Waals surface area contributed by atoms with Gasteiger partial charge in [0.25, 0.3) is 0 Å². The number of Topliss-reactive ketones (excluding diaryl/α,β-unsaturated/α-hetero) is 2. The molecule has 2 aliphatic rings. The van der Waals surface area contributed by atoms with Crippen molar-refractivity contribution in [1.29, 1.82) is 0 Å². The molecule has 0 saturated carbocycles. The Bertz CT molecular complexity index is 913. The molecule has 1 saturated heterocycles. The lowest BCUT2D eigenvalue weighted by Gasteiger charge is -2.43. The minimum absolute atomic E-state index is 0.0799. The van der Waals surface area contributed by atoms with E-state index in [2.05, 4.69) is 4.90 Å². The van der Waals surface area contributed by atoms with E-state index in [4.69, 9.17) is 9.47 Å². The molecule has 1 spiro atoms. The van der Waals surface area contributed by atoms with Crippen LogP contribution >= 0.6 is 0 Å². The van der Waals surface area contributed by atoms with Crippen LogP contribution < -0.4 is 9.47 Å². The van der Waals surface area contributed by atoms with Crippen molar-refractivity contribution in [2.75, 3.05) is 26.7 Å². The normalized spacial score (nSPS) is 18.4. The topological polar surface area (TPSA) is 55.8 Å². The number of fused-ring (bicyclic) bond motifs is 1. The number of piperidine rings is 1. The van der Waals surface area contributed by atoms with E-state index in [0.29, 0.717) is 35.6 Å². The fourth-order valence-corrected chi connectivity index (χ4v) is 4.10. The number of methoxy groups -OCH3 is 1. The van der Waals surface area contributed by atoms with E-state index in [0.717, 1.165) is 31.5 Å². The highest BCUT2D eigenvalue weighted by molar-refractivity contribution is 6.00. The lowest BCUT2D eigenvalue weighted by atomic mass is 9.82. The summed E-state index contributed by atoms with van der Waals surface area (Å²) in [7, 11) is 1.60. The van der Waals surface area contributed by atoms with Gasteiger partial charge >= 0.3 is 0 Å². The van der Waals surface area contributed by atoms with Crippen LogP contribution in [0.25, 0.3) is 0 Å². The smallest absolute Gasteiger partial charge is 0.176 e. The number of hydrogen-bond donors (Lipinski definition) is 0. The highest BCUT2D eigenvalue weighted by atomic mass is 16.5. The van der Waals surface area contributed by atoms with Crippen LogP contribution in [0.15, 0.2) is 42.5 Å². The highest BCUT2D eigenvalue weighted by Crippen LogP contribution is 2.39. The average molecular weight is 379 g/mol. The van der Waals surface area contributed by atoms with Crippen molar-refractivity contribution in [3.05, 3.63) is 59.2 Å². The zero-order chi connectivity index (χ0) is 19.7. The standard InChI is InChI=1S/C23H25NO4/c1-16-6-7-22-19(12-16)20(25)14-23(28-22)8-10-24(11-9-23)15-21(26)17-4-3-5-18(13-17)27-2/h3-7,12-13H,8-11,14-15H2,1-2H3. The number of hydrogen-bond acceptors (Lipinski definition) is 5. The Morgan fingerprint density at radius 2 is 1.96 bits per heavy atom. The van der Waals surface area contributed by atoms with Crippen LogP contribution in [-0.2, 0) is 0 Å². The Morgan fingerprint density at radius 1 is 1.18 bits per heavy atom. The second-order valence-electron chi connectivity index (χ2n) is 7.82. The first kappa shape index (κ1) is 18.7. The van der Waals surface area contributed by atoms with Crippen molar-refractivity contribution in [3.63, 3.8) is 0 Å². The third-order valence-electron chi connectivity index (χ3n) is 5.77. The third kappa shape index (κ3) is 3.67. The van der Waals surface area contributed by atoms with Crippen LogP contribution in [0.4, 0.5) is 0 Å². The van der Waals surface area contributed by atoms with E-state index in [1.165, 1.54) is 0 Å². The predicted molar refractivity (Wildman–Crippen MR) is 106 cm³/mol. The first-order valence-electron chi connectivity index (χ1n) is 9.70. The van der Waals surface area contributed by atoms with E-state index < -0.39 is 5.60 Å². The quantitative estimate of drug-likeness (QED) is 0.759. The van der Waals surface area contributed by atoms with Gasteiger partial charge in [-0.25, -0.2) is 0 Å². The minimum atomic E-state index is -0.436. The molecule has 0 aromatic heterocycles. The summed E-state index contributed by atoms with van der Waals surface area (Å²) in [5.41, 5.74) is 1.99. The van der Waals surface area contributed by atoms with Gasteiger partial charge in [0.2, 0.25) is 0 Å². The first-order chi connectivity index (χ1) is 13.5. The van der Waals surface area contributed by atoms with Gasteiger partial charge in [-0.2, -0.15) is 0 Å². The monoisotopic (exact) mass is 379 g/mol. The first-order valence-corrected chi connectivity index (χ1v) is 9.70. The summed E-state index contributed by atoms with van der Waals surface area (Å²) < 4.78 is 11.5. The molecule has 0 atom stereocenters. The molecule has 5 heteroatoms. The Labute approximate surface area is 165 Å². The van der Waals surface area contributed by atoms with Gasteiger partial charge in [-0.1, -0.05) is 23.8 Å². The summed E-state index contributed by atoms with van der Waals surface area (Å²) >= 11 is 0. The van der Waals surface area contributed by atoms with Crippen molar-refractivity contribution in [2.45, 2.75) is 31.8 Å². The van der Waals surface area contributed by atoms with Crippen molar-refractivity contribution < 1.29 is 19.1 Å². The van der Waals surface area contributed by atoms with Crippen molar-refractivity contribution in [1.82, 2.24) is 4.90 Å². The van der Waals surface area contributed by atoms with E-state index in [1.54, 1.807) is 13.2 Å². The molecule has 2 heterocycles. The van der Waals surface area contributed by atoms with Gasteiger partial charge in [-0.3, -0.25) is 14.5 Å². The second-order valence-corrected chi connectivity index (χ2v) is 7.82. The molecule has 2 aliphatic heterocycles.